The number of pyridine rings is 1. The standard InChI is InChI=1S/C26H28ClF4N7/c1-35-9-7-18(16-35)36(2)25-33-22(17-5-6-21(28)20(27)14-17)15-23(34-25)37-10-12-38(13-11-37)24-19(26(29,30)31)4-3-8-32-24/h3-6,8,14-15,18H,7,9-13,16H2,1-2H3. The third-order valence-corrected chi connectivity index (χ3v) is 7.43. The van der Waals surface area contributed by atoms with Gasteiger partial charge in [0, 0.05) is 63.6 Å². The lowest BCUT2D eigenvalue weighted by Crippen LogP contribution is -2.47. The van der Waals surface area contributed by atoms with Crippen molar-refractivity contribution in [1.82, 2.24) is 19.9 Å². The molecule has 0 aliphatic carbocycles. The summed E-state index contributed by atoms with van der Waals surface area (Å²) in [6.07, 6.45) is -2.13. The molecule has 0 bridgehead atoms. The Hall–Kier alpha value is -3.18. The van der Waals surface area contributed by atoms with Gasteiger partial charge in [0.05, 0.1) is 16.3 Å². The lowest BCUT2D eigenvalue weighted by atomic mass is 10.1. The Morgan fingerprint density at radius 3 is 2.39 bits per heavy atom. The Bertz CT molecular complexity index is 1300. The number of halogens is 5. The molecule has 0 amide bonds. The van der Waals surface area contributed by atoms with E-state index in [1.165, 1.54) is 24.4 Å². The maximum Gasteiger partial charge on any atom is 0.419 e. The second kappa shape index (κ2) is 10.5. The molecule has 3 aromatic rings. The SMILES string of the molecule is CN1CCC(N(C)c2nc(-c3ccc(F)c(Cl)c3)cc(N3CCN(c4ncccc4C(F)(F)F)CC3)n2)C1. The van der Waals surface area contributed by atoms with Gasteiger partial charge in [-0.05, 0) is 50.3 Å². The number of hydrogen-bond donors (Lipinski definition) is 0. The lowest BCUT2D eigenvalue weighted by molar-refractivity contribution is -0.137. The van der Waals surface area contributed by atoms with Gasteiger partial charge in [-0.1, -0.05) is 11.6 Å². The van der Waals surface area contributed by atoms with Crippen LogP contribution in [0.5, 0.6) is 0 Å². The van der Waals surface area contributed by atoms with Crippen LogP contribution in [-0.4, -0.2) is 79.3 Å². The molecule has 2 aliphatic rings. The van der Waals surface area contributed by atoms with Crippen molar-refractivity contribution in [3.63, 3.8) is 0 Å². The highest BCUT2D eigenvalue weighted by Crippen LogP contribution is 2.36. The fraction of sp³-hybridized carbons (Fsp3) is 0.423. The van der Waals surface area contributed by atoms with Gasteiger partial charge >= 0.3 is 6.18 Å². The topological polar surface area (TPSA) is 51.6 Å². The number of benzene rings is 1. The van der Waals surface area contributed by atoms with Crippen molar-refractivity contribution >= 4 is 29.2 Å². The zero-order valence-electron chi connectivity index (χ0n) is 21.1. The lowest BCUT2D eigenvalue weighted by Gasteiger charge is -2.37. The summed E-state index contributed by atoms with van der Waals surface area (Å²) in [6.45, 7) is 3.45. The van der Waals surface area contributed by atoms with Gasteiger partial charge in [-0.2, -0.15) is 18.2 Å². The van der Waals surface area contributed by atoms with Crippen LogP contribution >= 0.6 is 11.6 Å². The van der Waals surface area contributed by atoms with Gasteiger partial charge in [0.25, 0.3) is 0 Å². The van der Waals surface area contributed by atoms with Crippen LogP contribution in [-0.2, 0) is 6.18 Å². The molecule has 2 fully saturated rings. The van der Waals surface area contributed by atoms with Crippen LogP contribution in [0.25, 0.3) is 11.3 Å². The third kappa shape index (κ3) is 5.49. The van der Waals surface area contributed by atoms with Crippen LogP contribution in [0.2, 0.25) is 5.02 Å². The first-order valence-corrected chi connectivity index (χ1v) is 12.8. The highest BCUT2D eigenvalue weighted by molar-refractivity contribution is 6.31. The van der Waals surface area contributed by atoms with E-state index in [0.717, 1.165) is 25.6 Å². The number of alkyl halides is 3. The van der Waals surface area contributed by atoms with E-state index in [1.54, 1.807) is 11.0 Å². The largest absolute Gasteiger partial charge is 0.419 e. The molecule has 2 aromatic heterocycles. The van der Waals surface area contributed by atoms with E-state index in [9.17, 15) is 17.6 Å². The zero-order valence-corrected chi connectivity index (χ0v) is 21.8. The minimum atomic E-state index is -4.48. The molecule has 4 heterocycles. The summed E-state index contributed by atoms with van der Waals surface area (Å²) in [5.41, 5.74) is 0.508. The summed E-state index contributed by atoms with van der Waals surface area (Å²) in [4.78, 5) is 21.7. The fourth-order valence-corrected chi connectivity index (χ4v) is 5.13. The van der Waals surface area contributed by atoms with Crippen LogP contribution in [0.4, 0.5) is 35.1 Å². The van der Waals surface area contributed by atoms with Crippen molar-refractivity contribution in [3.8, 4) is 11.3 Å². The van der Waals surface area contributed by atoms with Crippen molar-refractivity contribution in [3.05, 3.63) is 59.0 Å². The molecule has 202 valence electrons. The van der Waals surface area contributed by atoms with E-state index in [1.807, 2.05) is 18.0 Å². The van der Waals surface area contributed by atoms with E-state index in [4.69, 9.17) is 21.6 Å². The molecule has 2 saturated heterocycles. The second-order valence-corrected chi connectivity index (χ2v) is 10.1. The fourth-order valence-electron chi connectivity index (χ4n) is 4.95. The van der Waals surface area contributed by atoms with Crippen LogP contribution in [0.15, 0.2) is 42.6 Å². The van der Waals surface area contributed by atoms with Gasteiger partial charge in [-0.15, -0.1) is 0 Å². The molecule has 38 heavy (non-hydrogen) atoms. The molecule has 1 atom stereocenters. The molecule has 2 aliphatic heterocycles. The van der Waals surface area contributed by atoms with Crippen molar-refractivity contribution in [2.45, 2.75) is 18.6 Å². The summed E-state index contributed by atoms with van der Waals surface area (Å²) >= 11 is 6.06. The number of likely N-dealkylation sites (tertiary alicyclic amines) is 1. The van der Waals surface area contributed by atoms with Gasteiger partial charge in [0.15, 0.2) is 0 Å². The molecule has 0 spiro atoms. The van der Waals surface area contributed by atoms with Gasteiger partial charge in [0.2, 0.25) is 5.95 Å². The number of likely N-dealkylation sites (N-methyl/N-ethyl adjacent to an activating group) is 2. The summed E-state index contributed by atoms with van der Waals surface area (Å²) in [5.74, 6) is 0.611. The molecule has 12 heteroatoms. The van der Waals surface area contributed by atoms with E-state index >= 15 is 0 Å². The summed E-state index contributed by atoms with van der Waals surface area (Å²) in [5, 5.41) is -0.000529. The summed E-state index contributed by atoms with van der Waals surface area (Å²) in [7, 11) is 4.03. The first-order valence-electron chi connectivity index (χ1n) is 12.4. The molecule has 1 unspecified atom stereocenters. The molecule has 5 rings (SSSR count). The molecule has 7 nitrogen and oxygen atoms in total. The van der Waals surface area contributed by atoms with Gasteiger partial charge < -0.3 is 19.6 Å². The minimum Gasteiger partial charge on any atom is -0.353 e. The Morgan fingerprint density at radius 1 is 1.00 bits per heavy atom. The number of nitrogens with zero attached hydrogens (tertiary/aromatic N) is 7. The first-order chi connectivity index (χ1) is 18.1. The number of anilines is 3. The number of hydrogen-bond acceptors (Lipinski definition) is 7. The predicted octanol–water partition coefficient (Wildman–Crippen LogP) is 4.82. The highest BCUT2D eigenvalue weighted by Gasteiger charge is 2.36. The smallest absolute Gasteiger partial charge is 0.353 e. The number of piperazine rings is 1. The second-order valence-electron chi connectivity index (χ2n) is 9.70. The highest BCUT2D eigenvalue weighted by atomic mass is 35.5. The summed E-state index contributed by atoms with van der Waals surface area (Å²) < 4.78 is 54.5. The zero-order chi connectivity index (χ0) is 27.0. The van der Waals surface area contributed by atoms with E-state index in [0.29, 0.717) is 49.2 Å². The van der Waals surface area contributed by atoms with Crippen molar-refractivity contribution in [2.24, 2.45) is 0 Å². The molecular weight excluding hydrogens is 522 g/mol. The van der Waals surface area contributed by atoms with Gasteiger partial charge in [-0.3, -0.25) is 0 Å². The minimum absolute atomic E-state index is 0.000529. The monoisotopic (exact) mass is 549 g/mol. The molecule has 0 saturated carbocycles. The van der Waals surface area contributed by atoms with Gasteiger partial charge in [0.1, 0.15) is 17.5 Å². The summed E-state index contributed by atoms with van der Waals surface area (Å²) in [6, 6.07) is 8.88. The quantitative estimate of drug-likeness (QED) is 0.423. The van der Waals surface area contributed by atoms with E-state index < -0.39 is 17.6 Å². The van der Waals surface area contributed by atoms with Crippen molar-refractivity contribution in [1.29, 1.82) is 0 Å². The Balaban J connectivity index is 1.43. The average molecular weight is 550 g/mol. The van der Waals surface area contributed by atoms with Gasteiger partial charge in [-0.25, -0.2) is 14.4 Å². The molecule has 0 radical (unpaired) electrons. The first kappa shape index (κ1) is 26.4. The van der Waals surface area contributed by atoms with E-state index in [-0.39, 0.29) is 16.9 Å². The number of aromatic nitrogens is 3. The van der Waals surface area contributed by atoms with Crippen LogP contribution < -0.4 is 14.7 Å². The van der Waals surface area contributed by atoms with Crippen molar-refractivity contribution < 1.29 is 17.6 Å². The molecule has 1 aromatic carbocycles. The average Bonchev–Trinajstić information content (AvgIpc) is 3.35. The van der Waals surface area contributed by atoms with Crippen LogP contribution in [0, 0.1) is 5.82 Å². The van der Waals surface area contributed by atoms with E-state index in [2.05, 4.69) is 21.8 Å². The third-order valence-electron chi connectivity index (χ3n) is 7.14. The predicted molar refractivity (Wildman–Crippen MR) is 140 cm³/mol. The Kier molecular flexibility index (Phi) is 7.32. The molecular formula is C26H28ClF4N7. The molecule has 0 N–H and O–H groups in total. The normalized spacial score (nSPS) is 18.8. The van der Waals surface area contributed by atoms with Crippen LogP contribution in [0.3, 0.4) is 0 Å². The van der Waals surface area contributed by atoms with Crippen LogP contribution in [0.1, 0.15) is 12.0 Å². The Labute approximate surface area is 223 Å². The number of rotatable bonds is 5. The maximum atomic E-state index is 13.8. The van der Waals surface area contributed by atoms with Crippen molar-refractivity contribution in [2.75, 3.05) is 68.1 Å². The Morgan fingerprint density at radius 2 is 1.74 bits per heavy atom. The maximum absolute atomic E-state index is 13.8.